The molecule has 1 aliphatic carbocycles. The van der Waals surface area contributed by atoms with E-state index >= 15 is 0 Å². The highest BCUT2D eigenvalue weighted by molar-refractivity contribution is 6.33. The van der Waals surface area contributed by atoms with Gasteiger partial charge in [0, 0.05) is 42.8 Å². The molecule has 0 spiro atoms. The van der Waals surface area contributed by atoms with Crippen molar-refractivity contribution in [3.05, 3.63) is 49.9 Å². The number of amides is 2. The van der Waals surface area contributed by atoms with Crippen LogP contribution in [0, 0.1) is 26.7 Å². The predicted molar refractivity (Wildman–Crippen MR) is 132 cm³/mol. The fourth-order valence-electron chi connectivity index (χ4n) is 5.22. The number of ether oxygens (including phenoxy) is 2. The van der Waals surface area contributed by atoms with Crippen molar-refractivity contribution in [2.45, 2.75) is 65.2 Å². The van der Waals surface area contributed by atoms with E-state index in [2.05, 4.69) is 10.3 Å². The van der Waals surface area contributed by atoms with Gasteiger partial charge in [0.2, 0.25) is 0 Å². The third-order valence-corrected chi connectivity index (χ3v) is 7.33. The molecule has 188 valence electrons. The number of nitrogens with zero attached hydrogens (tertiary/aromatic N) is 1. The number of hydrogen-bond acceptors (Lipinski definition) is 5. The van der Waals surface area contributed by atoms with Gasteiger partial charge in [-0.3, -0.25) is 9.59 Å². The van der Waals surface area contributed by atoms with Crippen LogP contribution in [-0.2, 0) is 0 Å². The van der Waals surface area contributed by atoms with Gasteiger partial charge in [-0.05, 0) is 64.2 Å². The summed E-state index contributed by atoms with van der Waals surface area (Å²) in [4.78, 5) is 41.0. The molecule has 9 nitrogen and oxygen atoms in total. The number of carboxylic acid groups (broad SMARTS) is 1. The summed E-state index contributed by atoms with van der Waals surface area (Å²) in [5.74, 6) is -0.545. The summed E-state index contributed by atoms with van der Waals surface area (Å²) in [6, 6.07) is 3.27. The zero-order valence-electron chi connectivity index (χ0n) is 20.5. The number of aromatic nitrogens is 1. The Morgan fingerprint density at radius 2 is 1.77 bits per heavy atom. The standard InChI is InChI=1S/C25H30ClN3O6/c1-12-10-13(2)27-22(30)19(12)29(5)23(31)17-11-18(26)21-20(14(17)3)34-25(4,35-21)15-6-8-16(9-7-15)28-24(32)33/h10-11,15-16,28H,6-9H2,1-5H3,(H,27,30)(H,32,33)/t15-,16-,25-/m1/s1. The number of halogens is 1. The van der Waals surface area contributed by atoms with Crippen molar-refractivity contribution >= 4 is 29.3 Å². The first kappa shape index (κ1) is 24.9. The number of pyridine rings is 1. The molecule has 2 heterocycles. The van der Waals surface area contributed by atoms with Crippen LogP contribution in [0.5, 0.6) is 11.5 Å². The Morgan fingerprint density at radius 3 is 2.37 bits per heavy atom. The van der Waals surface area contributed by atoms with Crippen LogP contribution in [0.1, 0.15) is 59.8 Å². The molecule has 1 aliphatic heterocycles. The second kappa shape index (κ2) is 9.11. The van der Waals surface area contributed by atoms with E-state index in [0.29, 0.717) is 46.7 Å². The van der Waals surface area contributed by atoms with Crippen LogP contribution in [0.15, 0.2) is 16.9 Å². The highest BCUT2D eigenvalue weighted by Crippen LogP contribution is 2.51. The summed E-state index contributed by atoms with van der Waals surface area (Å²) >= 11 is 6.55. The lowest BCUT2D eigenvalue weighted by Crippen LogP contribution is -2.47. The Kier molecular flexibility index (Phi) is 6.48. The van der Waals surface area contributed by atoms with E-state index in [1.54, 1.807) is 33.9 Å². The maximum atomic E-state index is 13.5. The second-order valence-electron chi connectivity index (χ2n) is 9.58. The van der Waals surface area contributed by atoms with Gasteiger partial charge in [0.25, 0.3) is 17.3 Å². The molecule has 0 bridgehead atoms. The summed E-state index contributed by atoms with van der Waals surface area (Å²) < 4.78 is 12.5. The summed E-state index contributed by atoms with van der Waals surface area (Å²) in [7, 11) is 1.56. The monoisotopic (exact) mass is 503 g/mol. The molecule has 1 atom stereocenters. The Hall–Kier alpha value is -3.20. The molecule has 1 aromatic carbocycles. The molecule has 1 saturated carbocycles. The quantitative estimate of drug-likeness (QED) is 0.563. The number of aryl methyl sites for hydroxylation is 2. The third kappa shape index (κ3) is 4.57. The minimum atomic E-state index is -1.02. The van der Waals surface area contributed by atoms with Crippen LogP contribution in [0.4, 0.5) is 10.5 Å². The highest BCUT2D eigenvalue weighted by Gasteiger charge is 2.47. The molecule has 10 heteroatoms. The molecular formula is C25H30ClN3O6. The van der Waals surface area contributed by atoms with Gasteiger partial charge in [0.05, 0.1) is 5.02 Å². The van der Waals surface area contributed by atoms with Gasteiger partial charge >= 0.3 is 6.09 Å². The number of rotatable bonds is 4. The molecule has 0 saturated heterocycles. The molecule has 1 aromatic heterocycles. The fourth-order valence-corrected chi connectivity index (χ4v) is 5.45. The number of aromatic amines is 1. The highest BCUT2D eigenvalue weighted by atomic mass is 35.5. The molecule has 2 aromatic rings. The number of hydrogen-bond donors (Lipinski definition) is 3. The van der Waals surface area contributed by atoms with E-state index in [9.17, 15) is 14.4 Å². The largest absolute Gasteiger partial charge is 0.465 e. The smallest absolute Gasteiger partial charge is 0.404 e. The van der Waals surface area contributed by atoms with Gasteiger partial charge in [0.1, 0.15) is 5.69 Å². The van der Waals surface area contributed by atoms with Crippen LogP contribution in [0.3, 0.4) is 0 Å². The van der Waals surface area contributed by atoms with E-state index in [-0.39, 0.29) is 34.1 Å². The number of benzene rings is 1. The van der Waals surface area contributed by atoms with Gasteiger partial charge in [0.15, 0.2) is 11.5 Å². The Morgan fingerprint density at radius 1 is 1.14 bits per heavy atom. The fraction of sp³-hybridized carbons (Fsp3) is 0.480. The number of carbonyl (C=O) groups excluding carboxylic acids is 1. The number of anilines is 1. The summed E-state index contributed by atoms with van der Waals surface area (Å²) in [6.45, 7) is 7.19. The van der Waals surface area contributed by atoms with Gasteiger partial charge < -0.3 is 29.8 Å². The molecule has 0 radical (unpaired) electrons. The molecule has 4 rings (SSSR count). The number of carbonyl (C=O) groups is 2. The first-order valence-corrected chi connectivity index (χ1v) is 12.0. The van der Waals surface area contributed by atoms with Crippen molar-refractivity contribution in [1.82, 2.24) is 10.3 Å². The molecule has 0 unspecified atom stereocenters. The lowest BCUT2D eigenvalue weighted by Gasteiger charge is -2.37. The number of nitrogens with one attached hydrogen (secondary N) is 2. The maximum absolute atomic E-state index is 13.5. The molecule has 2 amide bonds. The van der Waals surface area contributed by atoms with Gasteiger partial charge in [-0.25, -0.2) is 4.79 Å². The van der Waals surface area contributed by atoms with E-state index in [4.69, 9.17) is 26.2 Å². The summed E-state index contributed by atoms with van der Waals surface area (Å²) in [6.07, 6.45) is 1.78. The average Bonchev–Trinajstić information content (AvgIpc) is 3.15. The van der Waals surface area contributed by atoms with E-state index in [1.165, 1.54) is 4.90 Å². The molecule has 2 aliphatic rings. The van der Waals surface area contributed by atoms with E-state index in [1.807, 2.05) is 13.0 Å². The van der Waals surface area contributed by atoms with Crippen molar-refractivity contribution in [3.63, 3.8) is 0 Å². The SMILES string of the molecule is Cc1cc(C)c(N(C)C(=O)c2cc(Cl)c3c(c2C)O[C@@](C)([C@H]2CC[C@H](NC(=O)O)CC2)O3)c(=O)[nH]1. The molecule has 3 N–H and O–H groups in total. The lowest BCUT2D eigenvalue weighted by molar-refractivity contribution is -0.121. The second-order valence-corrected chi connectivity index (χ2v) is 9.99. The van der Waals surface area contributed by atoms with E-state index < -0.39 is 11.9 Å². The van der Waals surface area contributed by atoms with Gasteiger partial charge in [-0.2, -0.15) is 0 Å². The van der Waals surface area contributed by atoms with Crippen molar-refractivity contribution in [1.29, 1.82) is 0 Å². The van der Waals surface area contributed by atoms with Crippen LogP contribution < -0.4 is 25.2 Å². The Bertz CT molecular complexity index is 1250. The first-order valence-electron chi connectivity index (χ1n) is 11.6. The van der Waals surface area contributed by atoms with Crippen molar-refractivity contribution in [2.24, 2.45) is 5.92 Å². The third-order valence-electron chi connectivity index (χ3n) is 7.05. The summed E-state index contributed by atoms with van der Waals surface area (Å²) in [5, 5.41) is 11.8. The minimum Gasteiger partial charge on any atom is -0.465 e. The van der Waals surface area contributed by atoms with Crippen LogP contribution in [0.25, 0.3) is 0 Å². The minimum absolute atomic E-state index is 0.0211. The van der Waals surface area contributed by atoms with Crippen LogP contribution >= 0.6 is 11.6 Å². The zero-order valence-corrected chi connectivity index (χ0v) is 21.2. The van der Waals surface area contributed by atoms with Gasteiger partial charge in [-0.1, -0.05) is 11.6 Å². The first-order chi connectivity index (χ1) is 16.4. The molecule has 1 fully saturated rings. The van der Waals surface area contributed by atoms with E-state index in [0.717, 1.165) is 12.8 Å². The van der Waals surface area contributed by atoms with Crippen LogP contribution in [-0.4, -0.2) is 41.0 Å². The van der Waals surface area contributed by atoms with Crippen LogP contribution in [0.2, 0.25) is 5.02 Å². The normalized spacial score (nSPS) is 23.1. The zero-order chi connectivity index (χ0) is 25.7. The van der Waals surface area contributed by atoms with Crippen molar-refractivity contribution in [3.8, 4) is 11.5 Å². The number of fused-ring (bicyclic) bond motifs is 1. The molecular weight excluding hydrogens is 474 g/mol. The molecule has 35 heavy (non-hydrogen) atoms. The average molecular weight is 504 g/mol. The van der Waals surface area contributed by atoms with Crippen molar-refractivity contribution < 1.29 is 24.2 Å². The van der Waals surface area contributed by atoms with Gasteiger partial charge in [-0.15, -0.1) is 0 Å². The maximum Gasteiger partial charge on any atom is 0.404 e. The Labute approximate surface area is 208 Å². The van der Waals surface area contributed by atoms with Crippen molar-refractivity contribution in [2.75, 3.05) is 11.9 Å². The predicted octanol–water partition coefficient (Wildman–Crippen LogP) is 4.54. The summed E-state index contributed by atoms with van der Waals surface area (Å²) in [5.41, 5.74) is 2.22. The lowest BCUT2D eigenvalue weighted by atomic mass is 9.81. The topological polar surface area (TPSA) is 121 Å². The Balaban J connectivity index is 1.59. The number of H-pyrrole nitrogens is 1.